The first-order valence-corrected chi connectivity index (χ1v) is 16.5. The predicted octanol–water partition coefficient (Wildman–Crippen LogP) is 11.6. The molecule has 0 heterocycles. The molecule has 2 rings (SSSR count). The minimum Gasteiger partial charge on any atom is -0.494 e. The number of hydrogen-bond acceptors (Lipinski definition) is 5. The number of carbonyl (C=O) groups excluding carboxylic acids is 1. The summed E-state index contributed by atoms with van der Waals surface area (Å²) in [5.41, 5.74) is 3.12. The smallest absolute Gasteiger partial charge is 0.309 e. The molecule has 5 nitrogen and oxygen atoms in total. The van der Waals surface area contributed by atoms with Gasteiger partial charge in [0.25, 0.3) is 0 Å². The van der Waals surface area contributed by atoms with E-state index in [0.717, 1.165) is 68.5 Å². The molecule has 42 heavy (non-hydrogen) atoms. The quantitative estimate of drug-likeness (QED) is 0.0840. The number of ether oxygens (including phenoxy) is 2. The first-order valence-electron chi connectivity index (χ1n) is 16.5. The number of aryl methyl sites for hydroxylation is 1. The molecular formula is C37H58N2O3. The van der Waals surface area contributed by atoms with Gasteiger partial charge in [-0.15, -0.1) is 0 Å². The molecule has 0 saturated heterocycles. The van der Waals surface area contributed by atoms with Crippen LogP contribution < -0.4 is 4.74 Å². The van der Waals surface area contributed by atoms with E-state index in [9.17, 15) is 4.79 Å². The van der Waals surface area contributed by atoms with Crippen LogP contribution in [-0.4, -0.2) is 19.2 Å². The lowest BCUT2D eigenvalue weighted by atomic mass is 9.68. The fourth-order valence-corrected chi connectivity index (χ4v) is 4.85. The summed E-state index contributed by atoms with van der Waals surface area (Å²) in [6.07, 6.45) is 13.1. The molecule has 2 aromatic carbocycles. The van der Waals surface area contributed by atoms with E-state index in [1.807, 2.05) is 36.4 Å². The van der Waals surface area contributed by atoms with Gasteiger partial charge in [-0.05, 0) is 97.7 Å². The summed E-state index contributed by atoms with van der Waals surface area (Å²) < 4.78 is 11.7. The van der Waals surface area contributed by atoms with Crippen molar-refractivity contribution in [2.24, 2.45) is 27.0 Å². The molecular weight excluding hydrogens is 520 g/mol. The Morgan fingerprint density at radius 1 is 0.714 bits per heavy atom. The molecule has 0 aliphatic carbocycles. The van der Waals surface area contributed by atoms with Gasteiger partial charge in [0.15, 0.2) is 0 Å². The number of hydrogen-bond donors (Lipinski definition) is 0. The maximum absolute atomic E-state index is 13.0. The molecule has 5 heteroatoms. The fourth-order valence-electron chi connectivity index (χ4n) is 4.85. The minimum absolute atomic E-state index is 0.0271. The Morgan fingerprint density at radius 2 is 1.29 bits per heavy atom. The molecule has 2 aromatic rings. The molecule has 0 fully saturated rings. The molecule has 0 aliphatic rings. The maximum atomic E-state index is 13.0. The van der Waals surface area contributed by atoms with Crippen LogP contribution in [0.2, 0.25) is 0 Å². The number of carbonyl (C=O) groups is 1. The van der Waals surface area contributed by atoms with Gasteiger partial charge in [-0.25, -0.2) is 0 Å². The monoisotopic (exact) mass is 578 g/mol. The summed E-state index contributed by atoms with van der Waals surface area (Å²) in [6.45, 7) is 16.7. The molecule has 234 valence electrons. The van der Waals surface area contributed by atoms with E-state index in [1.165, 1.54) is 31.2 Å². The fraction of sp³-hybridized carbons (Fsp3) is 0.649. The summed E-state index contributed by atoms with van der Waals surface area (Å²) in [4.78, 5) is 13.0. The van der Waals surface area contributed by atoms with Crippen LogP contribution in [0.25, 0.3) is 0 Å². The van der Waals surface area contributed by atoms with Crippen LogP contribution in [-0.2, 0) is 16.0 Å². The van der Waals surface area contributed by atoms with Crippen LogP contribution in [0.15, 0.2) is 58.8 Å². The number of nitrogens with zero attached hydrogens (tertiary/aromatic N) is 2. The zero-order valence-electron chi connectivity index (χ0n) is 27.7. The number of esters is 1. The van der Waals surface area contributed by atoms with Crippen LogP contribution in [0.5, 0.6) is 5.75 Å². The van der Waals surface area contributed by atoms with Gasteiger partial charge in [0.1, 0.15) is 5.75 Å². The highest BCUT2D eigenvalue weighted by atomic mass is 16.5. The van der Waals surface area contributed by atoms with E-state index in [-0.39, 0.29) is 22.7 Å². The lowest BCUT2D eigenvalue weighted by Gasteiger charge is -2.37. The van der Waals surface area contributed by atoms with Crippen LogP contribution in [0.4, 0.5) is 11.4 Å². The van der Waals surface area contributed by atoms with E-state index >= 15 is 0 Å². The zero-order valence-corrected chi connectivity index (χ0v) is 27.7. The molecule has 1 atom stereocenters. The summed E-state index contributed by atoms with van der Waals surface area (Å²) in [6, 6.07) is 16.2. The average molecular weight is 579 g/mol. The van der Waals surface area contributed by atoms with Gasteiger partial charge < -0.3 is 9.47 Å². The Labute approximate surface area is 256 Å². The van der Waals surface area contributed by atoms with Gasteiger partial charge in [0.05, 0.1) is 30.5 Å². The summed E-state index contributed by atoms with van der Waals surface area (Å²) in [5.74, 6) is 0.755. The van der Waals surface area contributed by atoms with Crippen molar-refractivity contribution >= 4 is 17.3 Å². The van der Waals surface area contributed by atoms with E-state index in [4.69, 9.17) is 9.47 Å². The summed E-state index contributed by atoms with van der Waals surface area (Å²) >= 11 is 0. The van der Waals surface area contributed by atoms with Crippen LogP contribution in [0, 0.1) is 16.7 Å². The highest BCUT2D eigenvalue weighted by Crippen LogP contribution is 2.40. The van der Waals surface area contributed by atoms with Crippen LogP contribution >= 0.6 is 0 Å². The van der Waals surface area contributed by atoms with Crippen LogP contribution in [0.3, 0.4) is 0 Å². The normalized spacial score (nSPS) is 12.9. The second-order valence-corrected chi connectivity index (χ2v) is 13.2. The Hall–Kier alpha value is -2.69. The Morgan fingerprint density at radius 3 is 1.86 bits per heavy atom. The highest BCUT2D eigenvalue weighted by molar-refractivity contribution is 5.73. The molecule has 0 bridgehead atoms. The lowest BCUT2D eigenvalue weighted by molar-refractivity contribution is -0.154. The van der Waals surface area contributed by atoms with Crippen molar-refractivity contribution < 1.29 is 14.3 Å². The van der Waals surface area contributed by atoms with Crippen molar-refractivity contribution in [1.82, 2.24) is 0 Å². The number of azo groups is 1. The van der Waals surface area contributed by atoms with Gasteiger partial charge >= 0.3 is 5.97 Å². The van der Waals surface area contributed by atoms with Gasteiger partial charge in [0, 0.05) is 0 Å². The Balaban J connectivity index is 1.64. The highest BCUT2D eigenvalue weighted by Gasteiger charge is 2.38. The van der Waals surface area contributed by atoms with Gasteiger partial charge in [-0.2, -0.15) is 10.2 Å². The third-order valence-electron chi connectivity index (χ3n) is 8.78. The van der Waals surface area contributed by atoms with Crippen molar-refractivity contribution in [3.8, 4) is 5.75 Å². The average Bonchev–Trinajstić information content (AvgIpc) is 2.99. The van der Waals surface area contributed by atoms with E-state index in [0.29, 0.717) is 13.2 Å². The minimum atomic E-state index is -0.0600. The standard InChI is InChI=1S/C37H58N2O3/c1-8-11-12-15-18-30-19-21-31(22-20-30)38-39-32-23-25-33(26-24-32)41-27-16-13-14-17-28-42-35(40)34(37(6,7)10-3)29-36(4,5)9-2/h19-26,34H,8-18,27-29H2,1-7H3/b39-38+. The zero-order chi connectivity index (χ0) is 30.8. The van der Waals surface area contributed by atoms with Crippen molar-refractivity contribution in [3.63, 3.8) is 0 Å². The molecule has 0 saturated carbocycles. The lowest BCUT2D eigenvalue weighted by Crippen LogP contribution is -2.35. The van der Waals surface area contributed by atoms with E-state index < -0.39 is 0 Å². The molecule has 0 N–H and O–H groups in total. The van der Waals surface area contributed by atoms with Gasteiger partial charge in [-0.1, -0.05) is 92.7 Å². The van der Waals surface area contributed by atoms with E-state index in [2.05, 4.69) is 70.8 Å². The van der Waals surface area contributed by atoms with Gasteiger partial charge in [0.2, 0.25) is 0 Å². The molecule has 0 radical (unpaired) electrons. The SMILES string of the molecule is CCCCCCc1ccc(/N=N/c2ccc(OCCCCCCOC(=O)C(CC(C)(C)CC)C(C)(C)CC)cc2)cc1. The molecule has 0 aromatic heterocycles. The van der Waals surface area contributed by atoms with E-state index in [1.54, 1.807) is 0 Å². The number of unbranched alkanes of at least 4 members (excludes halogenated alkanes) is 6. The van der Waals surface area contributed by atoms with Crippen molar-refractivity contribution in [3.05, 3.63) is 54.1 Å². The molecule has 0 spiro atoms. The molecule has 0 amide bonds. The number of rotatable bonds is 21. The summed E-state index contributed by atoms with van der Waals surface area (Å²) in [5, 5.41) is 8.75. The van der Waals surface area contributed by atoms with Crippen LogP contribution in [0.1, 0.15) is 125 Å². The first kappa shape index (κ1) is 35.5. The third-order valence-corrected chi connectivity index (χ3v) is 8.78. The molecule has 1 unspecified atom stereocenters. The second-order valence-electron chi connectivity index (χ2n) is 13.2. The summed E-state index contributed by atoms with van der Waals surface area (Å²) in [7, 11) is 0. The third kappa shape index (κ3) is 13.5. The maximum Gasteiger partial charge on any atom is 0.309 e. The topological polar surface area (TPSA) is 60.3 Å². The van der Waals surface area contributed by atoms with Gasteiger partial charge in [-0.3, -0.25) is 4.79 Å². The van der Waals surface area contributed by atoms with Crippen molar-refractivity contribution in [2.75, 3.05) is 13.2 Å². The van der Waals surface area contributed by atoms with Crippen molar-refractivity contribution in [2.45, 2.75) is 126 Å². The second kappa shape index (κ2) is 18.8. The van der Waals surface area contributed by atoms with Crippen molar-refractivity contribution in [1.29, 1.82) is 0 Å². The largest absolute Gasteiger partial charge is 0.494 e. The predicted molar refractivity (Wildman–Crippen MR) is 176 cm³/mol. The molecule has 0 aliphatic heterocycles. The Kier molecular flexibility index (Phi) is 15.9. The Bertz CT molecular complexity index is 1040. The number of benzene rings is 2. The first-order chi connectivity index (χ1) is 20.1.